The summed E-state index contributed by atoms with van der Waals surface area (Å²) in [6.45, 7) is 5.91. The van der Waals surface area contributed by atoms with Gasteiger partial charge in [0.05, 0.1) is 7.11 Å². The van der Waals surface area contributed by atoms with Gasteiger partial charge in [0.2, 0.25) is 11.7 Å². The average Bonchev–Trinajstić information content (AvgIpc) is 3.32. The van der Waals surface area contributed by atoms with Crippen molar-refractivity contribution >= 4 is 11.9 Å². The van der Waals surface area contributed by atoms with Crippen LogP contribution in [0.1, 0.15) is 32.1 Å². The Kier molecular flexibility index (Phi) is 6.30. The molecule has 172 valence electrons. The first-order valence-electron chi connectivity index (χ1n) is 11.9. The van der Waals surface area contributed by atoms with Gasteiger partial charge in [0.15, 0.2) is 0 Å². The summed E-state index contributed by atoms with van der Waals surface area (Å²) >= 11 is 0. The number of anilines is 1. The third-order valence-corrected chi connectivity index (χ3v) is 7.05. The number of hydrogen-bond acceptors (Lipinski definition) is 7. The number of nitrogens with zero attached hydrogens (tertiary/aromatic N) is 4. The summed E-state index contributed by atoms with van der Waals surface area (Å²) in [5, 5.41) is 7.35. The standard InChI is InChI=1S/C24H33N5O3/c1-31-21-6-4-19(5-7-21)22-26-24(32-27-22)29-12-9-20(10-13-29)23(30)25-14-18-8-11-28(16-18)15-17-2-3-17/h4-7,17-18,20H,2-3,8-16H2,1H3,(H,25,30). The molecule has 5 rings (SSSR count). The van der Waals surface area contributed by atoms with Crippen LogP contribution in [-0.4, -0.2) is 67.3 Å². The molecule has 3 aliphatic rings. The number of methoxy groups -OCH3 is 1. The van der Waals surface area contributed by atoms with E-state index in [0.717, 1.165) is 56.3 Å². The fourth-order valence-electron chi connectivity index (χ4n) is 4.83. The van der Waals surface area contributed by atoms with E-state index < -0.39 is 0 Å². The summed E-state index contributed by atoms with van der Waals surface area (Å²) in [5.74, 6) is 3.18. The highest BCUT2D eigenvalue weighted by atomic mass is 16.5. The van der Waals surface area contributed by atoms with Gasteiger partial charge >= 0.3 is 6.01 Å². The normalized spacial score (nSPS) is 22.3. The van der Waals surface area contributed by atoms with Crippen LogP contribution in [0.4, 0.5) is 6.01 Å². The lowest BCUT2D eigenvalue weighted by Crippen LogP contribution is -2.42. The van der Waals surface area contributed by atoms with Crippen LogP contribution in [0.2, 0.25) is 0 Å². The maximum atomic E-state index is 12.7. The van der Waals surface area contributed by atoms with Crippen molar-refractivity contribution in [3.05, 3.63) is 24.3 Å². The van der Waals surface area contributed by atoms with E-state index in [4.69, 9.17) is 9.26 Å². The van der Waals surface area contributed by atoms with Crippen LogP contribution in [0, 0.1) is 17.8 Å². The number of amides is 1. The van der Waals surface area contributed by atoms with E-state index in [-0.39, 0.29) is 11.8 Å². The van der Waals surface area contributed by atoms with Gasteiger partial charge in [-0.3, -0.25) is 4.79 Å². The Balaban J connectivity index is 1.06. The molecule has 8 nitrogen and oxygen atoms in total. The minimum atomic E-state index is 0.0687. The topological polar surface area (TPSA) is 83.7 Å². The van der Waals surface area contributed by atoms with Crippen LogP contribution in [0.25, 0.3) is 11.4 Å². The van der Waals surface area contributed by atoms with Crippen LogP contribution < -0.4 is 15.0 Å². The number of benzene rings is 1. The number of carbonyl (C=O) groups is 1. The first-order valence-corrected chi connectivity index (χ1v) is 11.9. The number of likely N-dealkylation sites (tertiary alicyclic amines) is 1. The second kappa shape index (κ2) is 9.48. The average molecular weight is 440 g/mol. The molecule has 1 amide bonds. The number of rotatable bonds is 8. The third-order valence-electron chi connectivity index (χ3n) is 7.05. The molecular weight excluding hydrogens is 406 g/mol. The number of carbonyl (C=O) groups excluding carboxylic acids is 1. The van der Waals surface area contributed by atoms with Crippen molar-refractivity contribution in [3.63, 3.8) is 0 Å². The fraction of sp³-hybridized carbons (Fsp3) is 0.625. The van der Waals surface area contributed by atoms with Crippen molar-refractivity contribution in [1.29, 1.82) is 0 Å². The Morgan fingerprint density at radius 3 is 2.59 bits per heavy atom. The van der Waals surface area contributed by atoms with E-state index >= 15 is 0 Å². The highest BCUT2D eigenvalue weighted by Crippen LogP contribution is 2.31. The maximum Gasteiger partial charge on any atom is 0.324 e. The van der Waals surface area contributed by atoms with Crippen LogP contribution in [-0.2, 0) is 4.79 Å². The molecule has 32 heavy (non-hydrogen) atoms. The molecule has 1 atom stereocenters. The summed E-state index contributed by atoms with van der Waals surface area (Å²) in [6.07, 6.45) is 5.64. The quantitative estimate of drug-likeness (QED) is 0.677. The predicted molar refractivity (Wildman–Crippen MR) is 122 cm³/mol. The molecule has 1 aromatic carbocycles. The maximum absolute atomic E-state index is 12.7. The monoisotopic (exact) mass is 439 g/mol. The number of ether oxygens (including phenoxy) is 1. The first-order chi connectivity index (χ1) is 15.7. The fourth-order valence-corrected chi connectivity index (χ4v) is 4.83. The van der Waals surface area contributed by atoms with Gasteiger partial charge < -0.3 is 24.4 Å². The van der Waals surface area contributed by atoms with Gasteiger partial charge in [-0.15, -0.1) is 0 Å². The van der Waals surface area contributed by atoms with Gasteiger partial charge in [0, 0.05) is 44.2 Å². The Morgan fingerprint density at radius 1 is 1.09 bits per heavy atom. The molecule has 1 aliphatic carbocycles. The smallest absolute Gasteiger partial charge is 0.324 e. The van der Waals surface area contributed by atoms with Crippen molar-refractivity contribution in [2.24, 2.45) is 17.8 Å². The summed E-state index contributed by atoms with van der Waals surface area (Å²) in [4.78, 5) is 21.9. The van der Waals surface area contributed by atoms with Crippen molar-refractivity contribution < 1.29 is 14.1 Å². The molecule has 2 saturated heterocycles. The number of piperidine rings is 1. The van der Waals surface area contributed by atoms with Crippen molar-refractivity contribution in [2.75, 3.05) is 51.3 Å². The first kappa shape index (κ1) is 21.2. The second-order valence-electron chi connectivity index (χ2n) is 9.49. The van der Waals surface area contributed by atoms with Crippen LogP contribution in [0.3, 0.4) is 0 Å². The molecule has 3 heterocycles. The van der Waals surface area contributed by atoms with Crippen molar-refractivity contribution in [2.45, 2.75) is 32.1 Å². The zero-order valence-electron chi connectivity index (χ0n) is 18.8. The summed E-state index contributed by atoms with van der Waals surface area (Å²) in [5.41, 5.74) is 0.887. The lowest BCUT2D eigenvalue weighted by molar-refractivity contribution is -0.125. The van der Waals surface area contributed by atoms with Crippen molar-refractivity contribution in [1.82, 2.24) is 20.4 Å². The van der Waals surface area contributed by atoms with E-state index in [9.17, 15) is 4.79 Å². The van der Waals surface area contributed by atoms with E-state index in [0.29, 0.717) is 17.8 Å². The molecule has 1 N–H and O–H groups in total. The minimum Gasteiger partial charge on any atom is -0.497 e. The Morgan fingerprint density at radius 2 is 1.88 bits per heavy atom. The molecule has 0 radical (unpaired) electrons. The minimum absolute atomic E-state index is 0.0687. The van der Waals surface area contributed by atoms with Crippen LogP contribution in [0.5, 0.6) is 5.75 Å². The highest BCUT2D eigenvalue weighted by Gasteiger charge is 2.31. The lowest BCUT2D eigenvalue weighted by Gasteiger charge is -2.30. The Hall–Kier alpha value is -2.61. The van der Waals surface area contributed by atoms with E-state index in [1.807, 2.05) is 24.3 Å². The lowest BCUT2D eigenvalue weighted by atomic mass is 9.96. The zero-order valence-corrected chi connectivity index (χ0v) is 18.8. The van der Waals surface area contributed by atoms with Gasteiger partial charge in [0.25, 0.3) is 0 Å². The molecular formula is C24H33N5O3. The van der Waals surface area contributed by atoms with Gasteiger partial charge in [-0.25, -0.2) is 0 Å². The number of nitrogens with one attached hydrogen (secondary N) is 1. The van der Waals surface area contributed by atoms with E-state index in [1.54, 1.807) is 7.11 Å². The van der Waals surface area contributed by atoms with Gasteiger partial charge in [-0.1, -0.05) is 5.16 Å². The van der Waals surface area contributed by atoms with Gasteiger partial charge in [-0.05, 0) is 74.8 Å². The van der Waals surface area contributed by atoms with Gasteiger partial charge in [0.1, 0.15) is 5.75 Å². The predicted octanol–water partition coefficient (Wildman–Crippen LogP) is 2.81. The molecule has 3 fully saturated rings. The molecule has 8 heteroatoms. The largest absolute Gasteiger partial charge is 0.497 e. The molecule has 1 unspecified atom stereocenters. The van der Waals surface area contributed by atoms with Crippen molar-refractivity contribution in [3.8, 4) is 17.1 Å². The SMILES string of the molecule is COc1ccc(-c2noc(N3CCC(C(=O)NCC4CCN(CC5CC5)C4)CC3)n2)cc1. The molecule has 0 bridgehead atoms. The molecule has 1 saturated carbocycles. The van der Waals surface area contributed by atoms with Crippen LogP contribution >= 0.6 is 0 Å². The summed E-state index contributed by atoms with van der Waals surface area (Å²) in [6, 6.07) is 8.12. The van der Waals surface area contributed by atoms with E-state index in [1.165, 1.54) is 32.4 Å². The highest BCUT2D eigenvalue weighted by molar-refractivity contribution is 5.79. The number of hydrogen-bond donors (Lipinski definition) is 1. The molecule has 1 aromatic heterocycles. The molecule has 2 aliphatic heterocycles. The second-order valence-corrected chi connectivity index (χ2v) is 9.49. The number of aromatic nitrogens is 2. The zero-order chi connectivity index (χ0) is 21.9. The molecule has 0 spiro atoms. The van der Waals surface area contributed by atoms with Gasteiger partial charge in [-0.2, -0.15) is 4.98 Å². The molecule has 2 aromatic rings. The Labute approximate surface area is 189 Å². The van der Waals surface area contributed by atoms with Crippen LogP contribution in [0.15, 0.2) is 28.8 Å². The Bertz CT molecular complexity index is 903. The summed E-state index contributed by atoms with van der Waals surface area (Å²) < 4.78 is 10.7. The summed E-state index contributed by atoms with van der Waals surface area (Å²) in [7, 11) is 1.64. The third kappa shape index (κ3) is 5.06. The van der Waals surface area contributed by atoms with E-state index in [2.05, 4.69) is 25.3 Å².